The van der Waals surface area contributed by atoms with Crippen LogP contribution in [-0.4, -0.2) is 172 Å². The Hall–Kier alpha value is -6.78. The molecule has 5 heterocycles. The Morgan fingerprint density at radius 2 is 1.50 bits per heavy atom. The number of hydrogen-bond acceptors (Lipinski definition) is 16. The van der Waals surface area contributed by atoms with Crippen LogP contribution in [0.2, 0.25) is 0 Å². The molecular weight excluding hydrogens is 857 g/mol. The normalized spacial score (nSPS) is 16.3. The third kappa shape index (κ3) is 12.3. The number of pyridine rings is 1. The summed E-state index contributed by atoms with van der Waals surface area (Å²) in [6.45, 7) is 6.81. The highest BCUT2D eigenvalue weighted by Crippen LogP contribution is 2.33. The van der Waals surface area contributed by atoms with Gasteiger partial charge in [-0.15, -0.1) is 0 Å². The summed E-state index contributed by atoms with van der Waals surface area (Å²) >= 11 is 0. The van der Waals surface area contributed by atoms with E-state index in [4.69, 9.17) is 23.7 Å². The molecule has 0 aliphatic carbocycles. The van der Waals surface area contributed by atoms with Gasteiger partial charge >= 0.3 is 0 Å². The summed E-state index contributed by atoms with van der Waals surface area (Å²) in [6.07, 6.45) is 1.77. The number of carbonyl (C=O) groups excluding carboxylic acids is 6. The average molecular weight is 911 g/mol. The molecule has 21 nitrogen and oxygen atoms in total. The Bertz CT molecular complexity index is 2340. The van der Waals surface area contributed by atoms with Gasteiger partial charge in [-0.2, -0.15) is 5.10 Å². The molecule has 2 aromatic heterocycles. The minimum Gasteiger partial charge on any atom is -0.494 e. The molecule has 1 atom stereocenters. The second-order valence-electron chi connectivity index (χ2n) is 15.4. The minimum atomic E-state index is -1.02. The van der Waals surface area contributed by atoms with E-state index in [1.165, 1.54) is 0 Å². The molecule has 2 fully saturated rings. The first-order chi connectivity index (χ1) is 32.2. The summed E-state index contributed by atoms with van der Waals surface area (Å²) in [5, 5.41) is 17.9. The van der Waals surface area contributed by atoms with Gasteiger partial charge in [-0.25, -0.2) is 4.98 Å². The molecule has 350 valence electrons. The maximum absolute atomic E-state index is 13.2. The molecular formula is C45H54N10O11. The van der Waals surface area contributed by atoms with Crippen LogP contribution in [-0.2, 0) is 33.3 Å². The van der Waals surface area contributed by atoms with E-state index in [1.807, 2.05) is 18.2 Å². The third-order valence-electron chi connectivity index (χ3n) is 11.0. The molecule has 4 aromatic rings. The van der Waals surface area contributed by atoms with Crippen LogP contribution in [0.5, 0.6) is 5.75 Å². The molecule has 5 N–H and O–H groups in total. The summed E-state index contributed by atoms with van der Waals surface area (Å²) in [6, 6.07) is 16.5. The largest absolute Gasteiger partial charge is 0.494 e. The number of fused-ring (bicyclic) bond motifs is 1. The van der Waals surface area contributed by atoms with Crippen LogP contribution in [0.4, 0.5) is 17.1 Å². The monoisotopic (exact) mass is 910 g/mol. The highest BCUT2D eigenvalue weighted by atomic mass is 16.6. The number of aromatic amines is 1. The summed E-state index contributed by atoms with van der Waals surface area (Å²) in [4.78, 5) is 85.5. The number of hydrogen-bond donors (Lipinski definition) is 5. The Kier molecular flexibility index (Phi) is 16.7. The van der Waals surface area contributed by atoms with Crippen LogP contribution >= 0.6 is 0 Å². The number of imide groups is 2. The van der Waals surface area contributed by atoms with Crippen LogP contribution in [0.25, 0.3) is 11.4 Å². The van der Waals surface area contributed by atoms with E-state index in [0.717, 1.165) is 23.7 Å². The number of benzene rings is 2. The number of nitrogens with zero attached hydrogens (tertiary/aromatic N) is 5. The molecule has 1 unspecified atom stereocenters. The van der Waals surface area contributed by atoms with Crippen molar-refractivity contribution in [2.24, 2.45) is 0 Å². The first kappa shape index (κ1) is 47.2. The fraction of sp³-hybridized carbons (Fsp3) is 0.422. The van der Waals surface area contributed by atoms with Gasteiger partial charge in [-0.3, -0.25) is 49.0 Å². The van der Waals surface area contributed by atoms with Gasteiger partial charge in [-0.05, 0) is 48.9 Å². The van der Waals surface area contributed by atoms with Crippen LogP contribution < -0.4 is 30.9 Å². The van der Waals surface area contributed by atoms with Gasteiger partial charge in [0.15, 0.2) is 0 Å². The molecule has 21 heteroatoms. The van der Waals surface area contributed by atoms with E-state index >= 15 is 0 Å². The average Bonchev–Trinajstić information content (AvgIpc) is 3.96. The van der Waals surface area contributed by atoms with E-state index in [9.17, 15) is 28.8 Å². The predicted molar refractivity (Wildman–Crippen MR) is 239 cm³/mol. The molecule has 0 saturated carbocycles. The standard InChI is InChI=1S/C45H54N10O11/c1-62-38-28-30(8-9-34(38)50-42(58)36-7-3-5-32(49-36)33-12-13-48-52-33)54-18-16-53(17-19-54)29-40(57)47-15-21-64-23-25-66-27-26-65-24-22-63-20-14-46-35-6-2-4-31-41(35)45(61)55(44(31)60)37-10-11-39(56)51-43(37)59/h2-9,12-13,28,37,46H,10-11,14-27,29H2,1H3,(H,47,57)(H,48,52)(H,50,58)(H,51,56,59). The smallest absolute Gasteiger partial charge is 0.274 e. The molecule has 66 heavy (non-hydrogen) atoms. The van der Waals surface area contributed by atoms with Crippen molar-refractivity contribution >= 4 is 52.5 Å². The maximum Gasteiger partial charge on any atom is 0.274 e. The second-order valence-corrected chi connectivity index (χ2v) is 15.4. The molecule has 0 radical (unpaired) electrons. The Morgan fingerprint density at radius 1 is 0.788 bits per heavy atom. The van der Waals surface area contributed by atoms with E-state index in [-0.39, 0.29) is 48.0 Å². The zero-order valence-corrected chi connectivity index (χ0v) is 36.7. The van der Waals surface area contributed by atoms with Gasteiger partial charge in [0.1, 0.15) is 17.5 Å². The van der Waals surface area contributed by atoms with E-state index in [1.54, 1.807) is 55.8 Å². The fourth-order valence-corrected chi connectivity index (χ4v) is 7.64. The number of anilines is 3. The van der Waals surface area contributed by atoms with Gasteiger partial charge in [-0.1, -0.05) is 12.1 Å². The highest BCUT2D eigenvalue weighted by Gasteiger charge is 2.45. The van der Waals surface area contributed by atoms with Crippen molar-refractivity contribution < 1.29 is 52.5 Å². The summed E-state index contributed by atoms with van der Waals surface area (Å²) in [5.41, 5.74) is 3.93. The Labute approximate surface area is 380 Å². The predicted octanol–water partition coefficient (Wildman–Crippen LogP) is 1.55. The van der Waals surface area contributed by atoms with Gasteiger partial charge in [0, 0.05) is 69.3 Å². The van der Waals surface area contributed by atoms with Crippen LogP contribution in [0.3, 0.4) is 0 Å². The molecule has 0 spiro atoms. The summed E-state index contributed by atoms with van der Waals surface area (Å²) in [7, 11) is 1.56. The first-order valence-corrected chi connectivity index (χ1v) is 21.8. The number of piperazine rings is 1. The van der Waals surface area contributed by atoms with Gasteiger partial charge in [0.2, 0.25) is 17.7 Å². The van der Waals surface area contributed by atoms with E-state index in [0.29, 0.717) is 108 Å². The summed E-state index contributed by atoms with van der Waals surface area (Å²) in [5.74, 6) is -2.11. The molecule has 7 rings (SSSR count). The maximum atomic E-state index is 13.2. The van der Waals surface area contributed by atoms with E-state index in [2.05, 4.69) is 46.2 Å². The molecule has 3 aliphatic heterocycles. The van der Waals surface area contributed by atoms with Crippen LogP contribution in [0, 0.1) is 0 Å². The van der Waals surface area contributed by atoms with Crippen LogP contribution in [0.15, 0.2) is 66.9 Å². The van der Waals surface area contributed by atoms with Crippen LogP contribution in [0.1, 0.15) is 44.0 Å². The number of ether oxygens (including phenoxy) is 5. The van der Waals surface area contributed by atoms with Crippen molar-refractivity contribution in [3.05, 3.63) is 83.7 Å². The van der Waals surface area contributed by atoms with Crippen molar-refractivity contribution in [2.45, 2.75) is 18.9 Å². The number of piperidine rings is 1. The number of methoxy groups -OCH3 is 1. The number of H-pyrrole nitrogens is 1. The minimum absolute atomic E-state index is 0.0548. The summed E-state index contributed by atoms with van der Waals surface area (Å²) < 4.78 is 27.9. The topological polar surface area (TPSA) is 248 Å². The number of aromatic nitrogens is 3. The van der Waals surface area contributed by atoms with Crippen molar-refractivity contribution in [2.75, 3.05) is 121 Å². The third-order valence-corrected chi connectivity index (χ3v) is 11.0. The van der Waals surface area contributed by atoms with Gasteiger partial charge in [0.05, 0.1) is 94.7 Å². The lowest BCUT2D eigenvalue weighted by Crippen LogP contribution is -2.54. The van der Waals surface area contributed by atoms with Gasteiger partial charge < -0.3 is 44.5 Å². The number of rotatable bonds is 24. The number of amides is 6. The second kappa shape index (κ2) is 23.4. The lowest BCUT2D eigenvalue weighted by molar-refractivity contribution is -0.136. The fourth-order valence-electron chi connectivity index (χ4n) is 7.64. The highest BCUT2D eigenvalue weighted by molar-refractivity contribution is 6.25. The quantitative estimate of drug-likeness (QED) is 0.0494. The SMILES string of the molecule is COc1cc(N2CCN(CC(=O)NCCOCCOCCOCCOCCNc3cccc4c3C(=O)N(C3CCC(=O)NC3=O)C4=O)CC2)ccc1NC(=O)c1cccc(-c2ccn[nH]2)n1. The first-order valence-electron chi connectivity index (χ1n) is 21.8. The lowest BCUT2D eigenvalue weighted by atomic mass is 10.0. The Morgan fingerprint density at radius 3 is 2.20 bits per heavy atom. The molecule has 2 aromatic carbocycles. The zero-order valence-electron chi connectivity index (χ0n) is 36.7. The molecule has 0 bridgehead atoms. The lowest BCUT2D eigenvalue weighted by Gasteiger charge is -2.36. The van der Waals surface area contributed by atoms with Crippen molar-refractivity contribution in [3.8, 4) is 17.1 Å². The van der Waals surface area contributed by atoms with Gasteiger partial charge in [0.25, 0.3) is 17.7 Å². The molecule has 3 aliphatic rings. The van der Waals surface area contributed by atoms with Crippen molar-refractivity contribution in [3.63, 3.8) is 0 Å². The zero-order chi connectivity index (χ0) is 46.3. The van der Waals surface area contributed by atoms with Crippen molar-refractivity contribution in [1.29, 1.82) is 0 Å². The van der Waals surface area contributed by atoms with Crippen molar-refractivity contribution in [1.82, 2.24) is 35.6 Å². The molecule has 6 amide bonds. The Balaban J connectivity index is 0.677. The number of nitrogens with one attached hydrogen (secondary N) is 5. The number of carbonyl (C=O) groups is 6. The van der Waals surface area contributed by atoms with E-state index < -0.39 is 29.7 Å². The molecule has 2 saturated heterocycles.